The molecule has 0 aliphatic heterocycles. The van der Waals surface area contributed by atoms with Gasteiger partial charge >= 0.3 is 0 Å². The Morgan fingerprint density at radius 3 is 2.52 bits per heavy atom. The molecule has 0 spiro atoms. The molecule has 0 aliphatic carbocycles. The van der Waals surface area contributed by atoms with Crippen LogP contribution >= 0.6 is 0 Å². The molecule has 1 N–H and O–H groups in total. The van der Waals surface area contributed by atoms with Crippen molar-refractivity contribution in [3.8, 4) is 28.1 Å². The molecule has 21 heavy (non-hydrogen) atoms. The lowest BCUT2D eigenvalue weighted by molar-refractivity contribution is 0.393. The summed E-state index contributed by atoms with van der Waals surface area (Å²) in [4.78, 5) is 0. The number of phenolic OH excluding ortho intramolecular Hbond substituents is 1. The van der Waals surface area contributed by atoms with Crippen LogP contribution in [0, 0.1) is 20.8 Å². The Hall–Kier alpha value is -2.56. The maximum Gasteiger partial charge on any atom is 0.141 e. The average molecular weight is 283 g/mol. The van der Waals surface area contributed by atoms with Gasteiger partial charge in [0.25, 0.3) is 0 Å². The van der Waals surface area contributed by atoms with Gasteiger partial charge in [-0.25, -0.2) is 0 Å². The first kappa shape index (κ1) is 13.4. The van der Waals surface area contributed by atoms with Gasteiger partial charge in [-0.2, -0.15) is 5.10 Å². The summed E-state index contributed by atoms with van der Waals surface area (Å²) in [5, 5.41) is 18.2. The number of nitrogens with zero attached hydrogens (tertiary/aromatic N) is 3. The van der Waals surface area contributed by atoms with Gasteiger partial charge in [-0.15, -0.1) is 0 Å². The Bertz CT molecular complexity index is 796. The first-order valence-corrected chi connectivity index (χ1v) is 6.74. The summed E-state index contributed by atoms with van der Waals surface area (Å²) in [5.74, 6) is 1.03. The molecule has 0 atom stereocenters. The second kappa shape index (κ2) is 4.77. The smallest absolute Gasteiger partial charge is 0.141 e. The molecule has 108 valence electrons. The number of benzene rings is 1. The largest absolute Gasteiger partial charge is 0.508 e. The highest BCUT2D eigenvalue weighted by Crippen LogP contribution is 2.36. The number of phenols is 1. The van der Waals surface area contributed by atoms with Crippen LogP contribution in [0.2, 0.25) is 0 Å². The summed E-state index contributed by atoms with van der Waals surface area (Å²) in [6, 6.07) is 5.30. The lowest BCUT2D eigenvalue weighted by Gasteiger charge is -2.06. The molecule has 5 nitrogen and oxygen atoms in total. The van der Waals surface area contributed by atoms with Crippen molar-refractivity contribution in [2.75, 3.05) is 0 Å². The molecule has 3 rings (SSSR count). The highest BCUT2D eigenvalue weighted by atomic mass is 16.5. The Labute approximate surface area is 122 Å². The van der Waals surface area contributed by atoms with Crippen molar-refractivity contribution in [1.29, 1.82) is 0 Å². The van der Waals surface area contributed by atoms with Crippen molar-refractivity contribution in [3.63, 3.8) is 0 Å². The van der Waals surface area contributed by atoms with Crippen LogP contribution in [-0.4, -0.2) is 20.0 Å². The second-order valence-corrected chi connectivity index (χ2v) is 5.26. The molecule has 0 saturated carbocycles. The van der Waals surface area contributed by atoms with Crippen molar-refractivity contribution in [3.05, 3.63) is 41.4 Å². The molecular formula is C16H17N3O2. The summed E-state index contributed by atoms with van der Waals surface area (Å²) < 4.78 is 7.05. The van der Waals surface area contributed by atoms with E-state index in [-0.39, 0.29) is 5.75 Å². The standard InChI is InChI=1S/C16H17N3O2/c1-9-7-12(20)5-6-13(9)16-14(8-19(4)17-16)15-10(2)18-21-11(15)3/h5-8,20H,1-4H3. The lowest BCUT2D eigenvalue weighted by atomic mass is 9.98. The highest BCUT2D eigenvalue weighted by Gasteiger charge is 2.20. The maximum absolute atomic E-state index is 9.58. The number of hydrogen-bond acceptors (Lipinski definition) is 4. The molecule has 0 radical (unpaired) electrons. The van der Waals surface area contributed by atoms with Gasteiger partial charge < -0.3 is 9.63 Å². The quantitative estimate of drug-likeness (QED) is 0.783. The Balaban J connectivity index is 2.26. The zero-order valence-corrected chi connectivity index (χ0v) is 12.5. The molecule has 0 fully saturated rings. The fraction of sp³-hybridized carbons (Fsp3) is 0.250. The van der Waals surface area contributed by atoms with Gasteiger partial charge in [-0.3, -0.25) is 4.68 Å². The van der Waals surface area contributed by atoms with Gasteiger partial charge in [0.1, 0.15) is 17.2 Å². The number of aryl methyl sites for hydroxylation is 4. The van der Waals surface area contributed by atoms with E-state index in [1.165, 1.54) is 0 Å². The first-order valence-electron chi connectivity index (χ1n) is 6.74. The van der Waals surface area contributed by atoms with Crippen molar-refractivity contribution < 1.29 is 9.63 Å². The molecule has 2 heterocycles. The Morgan fingerprint density at radius 2 is 1.90 bits per heavy atom. The van der Waals surface area contributed by atoms with E-state index in [1.807, 2.05) is 40.1 Å². The lowest BCUT2D eigenvalue weighted by Crippen LogP contribution is -1.90. The number of hydrogen-bond donors (Lipinski definition) is 1. The van der Waals surface area contributed by atoms with Crippen LogP contribution in [0.4, 0.5) is 0 Å². The van der Waals surface area contributed by atoms with Gasteiger partial charge in [0.2, 0.25) is 0 Å². The molecule has 2 aromatic heterocycles. The third-order valence-electron chi connectivity index (χ3n) is 3.60. The summed E-state index contributed by atoms with van der Waals surface area (Å²) in [5.41, 5.74) is 5.64. The SMILES string of the molecule is Cc1cc(O)ccc1-c1nn(C)cc1-c1c(C)noc1C. The van der Waals surface area contributed by atoms with E-state index in [1.54, 1.807) is 16.8 Å². The van der Waals surface area contributed by atoms with E-state index in [2.05, 4.69) is 10.3 Å². The summed E-state index contributed by atoms with van der Waals surface area (Å²) in [7, 11) is 1.89. The van der Waals surface area contributed by atoms with E-state index in [0.29, 0.717) is 0 Å². The van der Waals surface area contributed by atoms with Crippen LogP contribution in [0.1, 0.15) is 17.0 Å². The monoisotopic (exact) mass is 283 g/mol. The van der Waals surface area contributed by atoms with Crippen LogP contribution in [-0.2, 0) is 7.05 Å². The molecule has 5 heteroatoms. The van der Waals surface area contributed by atoms with Gasteiger partial charge in [0, 0.05) is 24.4 Å². The number of aromatic nitrogens is 3. The van der Waals surface area contributed by atoms with Crippen LogP contribution in [0.5, 0.6) is 5.75 Å². The predicted molar refractivity (Wildman–Crippen MR) is 80.0 cm³/mol. The van der Waals surface area contributed by atoms with Crippen molar-refractivity contribution in [2.45, 2.75) is 20.8 Å². The van der Waals surface area contributed by atoms with Crippen molar-refractivity contribution in [1.82, 2.24) is 14.9 Å². The van der Waals surface area contributed by atoms with Gasteiger partial charge in [-0.1, -0.05) is 5.16 Å². The molecule has 0 aliphatic rings. The third kappa shape index (κ3) is 2.20. The summed E-state index contributed by atoms with van der Waals surface area (Å²) in [6.45, 7) is 5.78. The van der Waals surface area contributed by atoms with Crippen LogP contribution in [0.25, 0.3) is 22.4 Å². The minimum atomic E-state index is 0.256. The summed E-state index contributed by atoms with van der Waals surface area (Å²) >= 11 is 0. The van der Waals surface area contributed by atoms with Crippen molar-refractivity contribution >= 4 is 0 Å². The highest BCUT2D eigenvalue weighted by molar-refractivity contribution is 5.83. The van der Waals surface area contributed by atoms with E-state index < -0.39 is 0 Å². The van der Waals surface area contributed by atoms with Crippen LogP contribution < -0.4 is 0 Å². The molecule has 0 bridgehead atoms. The third-order valence-corrected chi connectivity index (χ3v) is 3.60. The minimum Gasteiger partial charge on any atom is -0.508 e. The normalized spacial score (nSPS) is 11.0. The van der Waals surface area contributed by atoms with Gasteiger partial charge in [0.05, 0.1) is 11.3 Å². The van der Waals surface area contributed by atoms with Gasteiger partial charge in [0.15, 0.2) is 0 Å². The fourth-order valence-corrected chi connectivity index (χ4v) is 2.65. The molecule has 0 saturated heterocycles. The van der Waals surface area contributed by atoms with Gasteiger partial charge in [-0.05, 0) is 44.5 Å². The van der Waals surface area contributed by atoms with Crippen LogP contribution in [0.3, 0.4) is 0 Å². The molecular weight excluding hydrogens is 266 g/mol. The minimum absolute atomic E-state index is 0.256. The fourth-order valence-electron chi connectivity index (χ4n) is 2.65. The first-order chi connectivity index (χ1) is 9.97. The van der Waals surface area contributed by atoms with E-state index in [4.69, 9.17) is 4.52 Å². The number of rotatable bonds is 2. The zero-order chi connectivity index (χ0) is 15.1. The predicted octanol–water partition coefficient (Wildman–Crippen LogP) is 3.37. The molecule has 3 aromatic rings. The maximum atomic E-state index is 9.58. The van der Waals surface area contributed by atoms with E-state index in [0.717, 1.165) is 39.4 Å². The molecule has 1 aromatic carbocycles. The Kier molecular flexibility index (Phi) is 3.05. The zero-order valence-electron chi connectivity index (χ0n) is 12.5. The average Bonchev–Trinajstić information content (AvgIpc) is 2.93. The number of aromatic hydroxyl groups is 1. The molecule has 0 amide bonds. The van der Waals surface area contributed by atoms with E-state index >= 15 is 0 Å². The second-order valence-electron chi connectivity index (χ2n) is 5.26. The topological polar surface area (TPSA) is 64.1 Å². The van der Waals surface area contributed by atoms with Crippen LogP contribution in [0.15, 0.2) is 28.9 Å². The molecule has 0 unspecified atom stereocenters. The van der Waals surface area contributed by atoms with Crippen molar-refractivity contribution in [2.24, 2.45) is 7.05 Å². The van der Waals surface area contributed by atoms with E-state index in [9.17, 15) is 5.11 Å². The Morgan fingerprint density at radius 1 is 1.14 bits per heavy atom. The summed E-state index contributed by atoms with van der Waals surface area (Å²) in [6.07, 6.45) is 1.97.